The lowest BCUT2D eigenvalue weighted by Crippen LogP contribution is -2.31. The second-order valence-electron chi connectivity index (χ2n) is 5.88. The highest BCUT2D eigenvalue weighted by molar-refractivity contribution is 5.96. The van der Waals surface area contributed by atoms with Crippen LogP contribution in [-0.4, -0.2) is 25.5 Å². The van der Waals surface area contributed by atoms with E-state index in [1.807, 2.05) is 24.3 Å². The minimum absolute atomic E-state index is 0.0604. The Morgan fingerprint density at radius 3 is 2.12 bits per heavy atom. The Bertz CT molecular complexity index is 706. The molecule has 0 bridgehead atoms. The van der Waals surface area contributed by atoms with Crippen molar-refractivity contribution in [2.45, 2.75) is 19.8 Å². The molecule has 126 valence electrons. The third-order valence-electron chi connectivity index (χ3n) is 3.82. The number of hydrogen-bond donors (Lipinski definition) is 1. The van der Waals surface area contributed by atoms with Crippen LogP contribution in [0.4, 0.5) is 5.69 Å². The molecule has 2 rings (SSSR count). The van der Waals surface area contributed by atoms with E-state index >= 15 is 0 Å². The van der Waals surface area contributed by atoms with Gasteiger partial charge in [0.15, 0.2) is 6.61 Å². The second-order valence-corrected chi connectivity index (χ2v) is 5.88. The number of amides is 2. The molecule has 0 atom stereocenters. The van der Waals surface area contributed by atoms with Crippen LogP contribution in [-0.2, 0) is 4.79 Å². The van der Waals surface area contributed by atoms with Crippen molar-refractivity contribution in [1.82, 2.24) is 0 Å². The number of ether oxygens (including phenoxy) is 1. The van der Waals surface area contributed by atoms with E-state index in [1.165, 1.54) is 10.5 Å². The fourth-order valence-electron chi connectivity index (χ4n) is 2.18. The van der Waals surface area contributed by atoms with Crippen molar-refractivity contribution in [3.05, 3.63) is 59.7 Å². The van der Waals surface area contributed by atoms with Crippen molar-refractivity contribution >= 4 is 17.5 Å². The van der Waals surface area contributed by atoms with Crippen LogP contribution in [0.3, 0.4) is 0 Å². The van der Waals surface area contributed by atoms with Gasteiger partial charge in [-0.25, -0.2) is 0 Å². The molecule has 0 aliphatic carbocycles. The minimum Gasteiger partial charge on any atom is -0.484 e. The van der Waals surface area contributed by atoms with E-state index in [0.717, 1.165) is 0 Å². The Hall–Kier alpha value is -2.82. The fraction of sp³-hybridized carbons (Fsp3) is 0.263. The van der Waals surface area contributed by atoms with Crippen molar-refractivity contribution in [1.29, 1.82) is 0 Å². The van der Waals surface area contributed by atoms with E-state index in [0.29, 0.717) is 22.9 Å². The van der Waals surface area contributed by atoms with Crippen LogP contribution in [0, 0.1) is 0 Å². The molecule has 24 heavy (non-hydrogen) atoms. The zero-order valence-corrected chi connectivity index (χ0v) is 14.2. The van der Waals surface area contributed by atoms with Crippen molar-refractivity contribution in [2.75, 3.05) is 18.6 Å². The number of carbonyl (C=O) groups excluding carboxylic acids is 2. The first kappa shape index (κ1) is 17.5. The van der Waals surface area contributed by atoms with E-state index in [-0.39, 0.29) is 12.5 Å². The standard InChI is InChI=1S/C19H22N2O3/c1-13(2)14-6-10-17(11-7-14)24-12-18(22)21(3)16-8-4-15(5-9-16)19(20)23/h4-11,13H,12H2,1-3H3,(H2,20,23). The monoisotopic (exact) mass is 326 g/mol. The van der Waals surface area contributed by atoms with Crippen LogP contribution in [0.1, 0.15) is 35.7 Å². The summed E-state index contributed by atoms with van der Waals surface area (Å²) in [5, 5.41) is 0. The molecular weight excluding hydrogens is 304 g/mol. The first-order chi connectivity index (χ1) is 11.4. The summed E-state index contributed by atoms with van der Waals surface area (Å²) in [7, 11) is 1.66. The maximum absolute atomic E-state index is 12.2. The summed E-state index contributed by atoms with van der Waals surface area (Å²) in [5.74, 6) is 0.430. The summed E-state index contributed by atoms with van der Waals surface area (Å²) >= 11 is 0. The molecular formula is C19H22N2O3. The molecule has 2 aromatic rings. The van der Waals surface area contributed by atoms with Gasteiger partial charge in [0, 0.05) is 18.3 Å². The first-order valence-electron chi connectivity index (χ1n) is 7.77. The molecule has 0 aromatic heterocycles. The molecule has 0 heterocycles. The number of carbonyl (C=O) groups is 2. The number of hydrogen-bond acceptors (Lipinski definition) is 3. The molecule has 0 aliphatic rings. The lowest BCUT2D eigenvalue weighted by atomic mass is 10.0. The second kappa shape index (κ2) is 7.64. The van der Waals surface area contributed by atoms with Gasteiger partial charge in [0.2, 0.25) is 5.91 Å². The summed E-state index contributed by atoms with van der Waals surface area (Å²) in [6.45, 7) is 4.19. The van der Waals surface area contributed by atoms with E-state index in [1.54, 1.807) is 31.3 Å². The molecule has 5 heteroatoms. The highest BCUT2D eigenvalue weighted by Crippen LogP contribution is 2.19. The van der Waals surface area contributed by atoms with Crippen LogP contribution in [0.15, 0.2) is 48.5 Å². The molecule has 2 N–H and O–H groups in total. The van der Waals surface area contributed by atoms with Gasteiger partial charge in [0.25, 0.3) is 5.91 Å². The summed E-state index contributed by atoms with van der Waals surface area (Å²) in [6, 6.07) is 14.3. The Kier molecular flexibility index (Phi) is 5.58. The van der Waals surface area contributed by atoms with Crippen LogP contribution in [0.5, 0.6) is 5.75 Å². The normalized spacial score (nSPS) is 10.5. The molecule has 0 unspecified atom stereocenters. The molecule has 0 radical (unpaired) electrons. The molecule has 0 saturated heterocycles. The predicted molar refractivity (Wildman–Crippen MR) is 94.4 cm³/mol. The minimum atomic E-state index is -0.497. The lowest BCUT2D eigenvalue weighted by molar-refractivity contribution is -0.120. The van der Waals surface area contributed by atoms with E-state index in [4.69, 9.17) is 10.5 Å². The molecule has 0 spiro atoms. The number of anilines is 1. The van der Waals surface area contributed by atoms with Gasteiger partial charge in [-0.05, 0) is 47.9 Å². The van der Waals surface area contributed by atoms with Gasteiger partial charge in [-0.3, -0.25) is 9.59 Å². The van der Waals surface area contributed by atoms with Gasteiger partial charge >= 0.3 is 0 Å². The average Bonchev–Trinajstić information content (AvgIpc) is 2.59. The zero-order chi connectivity index (χ0) is 17.7. The maximum atomic E-state index is 12.2. The Morgan fingerprint density at radius 2 is 1.62 bits per heavy atom. The summed E-state index contributed by atoms with van der Waals surface area (Å²) in [4.78, 5) is 24.8. The third kappa shape index (κ3) is 4.35. The summed E-state index contributed by atoms with van der Waals surface area (Å²) < 4.78 is 5.54. The number of likely N-dealkylation sites (N-methyl/N-ethyl adjacent to an activating group) is 1. The largest absolute Gasteiger partial charge is 0.484 e. The summed E-state index contributed by atoms with van der Waals surface area (Å²) in [6.07, 6.45) is 0. The number of nitrogens with two attached hydrogens (primary N) is 1. The predicted octanol–water partition coefficient (Wildman–Crippen LogP) is 2.95. The average molecular weight is 326 g/mol. The van der Waals surface area contributed by atoms with E-state index in [9.17, 15) is 9.59 Å². The number of rotatable bonds is 6. The highest BCUT2D eigenvalue weighted by Gasteiger charge is 2.12. The van der Waals surface area contributed by atoms with Crippen molar-refractivity contribution in [3.63, 3.8) is 0 Å². The van der Waals surface area contributed by atoms with Gasteiger partial charge in [-0.1, -0.05) is 26.0 Å². The Morgan fingerprint density at radius 1 is 1.04 bits per heavy atom. The number of benzene rings is 2. The van der Waals surface area contributed by atoms with Crippen molar-refractivity contribution < 1.29 is 14.3 Å². The molecule has 0 aliphatic heterocycles. The smallest absolute Gasteiger partial charge is 0.264 e. The van der Waals surface area contributed by atoms with Gasteiger partial charge in [0.05, 0.1) is 0 Å². The van der Waals surface area contributed by atoms with Gasteiger partial charge in [-0.2, -0.15) is 0 Å². The van der Waals surface area contributed by atoms with E-state index in [2.05, 4.69) is 13.8 Å². The van der Waals surface area contributed by atoms with Gasteiger partial charge in [-0.15, -0.1) is 0 Å². The maximum Gasteiger partial charge on any atom is 0.264 e. The third-order valence-corrected chi connectivity index (χ3v) is 3.82. The number of nitrogens with zero attached hydrogens (tertiary/aromatic N) is 1. The molecule has 5 nitrogen and oxygen atoms in total. The number of primary amides is 1. The topological polar surface area (TPSA) is 72.6 Å². The van der Waals surface area contributed by atoms with Crippen LogP contribution in [0.2, 0.25) is 0 Å². The van der Waals surface area contributed by atoms with Crippen LogP contribution < -0.4 is 15.4 Å². The lowest BCUT2D eigenvalue weighted by Gasteiger charge is -2.18. The summed E-state index contributed by atoms with van der Waals surface area (Å²) in [5.41, 5.74) is 7.50. The molecule has 0 fully saturated rings. The highest BCUT2D eigenvalue weighted by atomic mass is 16.5. The Labute approximate surface area is 142 Å². The molecule has 2 aromatic carbocycles. The van der Waals surface area contributed by atoms with Gasteiger partial charge < -0.3 is 15.4 Å². The van der Waals surface area contributed by atoms with Gasteiger partial charge in [0.1, 0.15) is 5.75 Å². The quantitative estimate of drug-likeness (QED) is 0.887. The molecule has 0 saturated carbocycles. The van der Waals surface area contributed by atoms with Crippen molar-refractivity contribution in [3.8, 4) is 5.75 Å². The SMILES string of the molecule is CC(C)c1ccc(OCC(=O)N(C)c2ccc(C(N)=O)cc2)cc1. The van der Waals surface area contributed by atoms with Crippen LogP contribution >= 0.6 is 0 Å². The zero-order valence-electron chi connectivity index (χ0n) is 14.2. The van der Waals surface area contributed by atoms with Crippen LogP contribution in [0.25, 0.3) is 0 Å². The molecule has 2 amide bonds. The Balaban J connectivity index is 1.94. The first-order valence-corrected chi connectivity index (χ1v) is 7.77. The fourth-order valence-corrected chi connectivity index (χ4v) is 2.18. The van der Waals surface area contributed by atoms with E-state index < -0.39 is 5.91 Å². The van der Waals surface area contributed by atoms with Crippen molar-refractivity contribution in [2.24, 2.45) is 5.73 Å².